The molecule has 31 heavy (non-hydrogen) atoms. The second kappa shape index (κ2) is 13.3. The molecule has 0 bridgehead atoms. The summed E-state index contributed by atoms with van der Waals surface area (Å²) >= 11 is 0. The highest BCUT2D eigenvalue weighted by Crippen LogP contribution is 2.17. The number of piperidine rings is 1. The van der Waals surface area contributed by atoms with Gasteiger partial charge in [0.05, 0.1) is 6.54 Å². The zero-order chi connectivity index (χ0) is 22.1. The maximum atomic E-state index is 12.2. The Hall–Kier alpha value is -1.35. The van der Waals surface area contributed by atoms with E-state index in [1.807, 2.05) is 24.8 Å². The number of halogens is 1. The van der Waals surface area contributed by atoms with Crippen LogP contribution in [0.2, 0.25) is 0 Å². The van der Waals surface area contributed by atoms with Gasteiger partial charge in [0.25, 0.3) is 0 Å². The van der Waals surface area contributed by atoms with Crippen LogP contribution in [0.1, 0.15) is 66.0 Å². The molecule has 1 aromatic carbocycles. The van der Waals surface area contributed by atoms with Crippen LogP contribution in [0.5, 0.6) is 0 Å². The van der Waals surface area contributed by atoms with Gasteiger partial charge in [0.2, 0.25) is 5.91 Å². The third-order valence-electron chi connectivity index (χ3n) is 5.52. The van der Waals surface area contributed by atoms with E-state index in [1.54, 1.807) is 0 Å². The molecule has 0 aromatic heterocycles. The van der Waals surface area contributed by atoms with Crippen molar-refractivity contribution in [2.24, 2.45) is 10.9 Å². The molecule has 0 aliphatic carbocycles. The number of likely N-dealkylation sites (tertiary alicyclic amines) is 1. The highest BCUT2D eigenvalue weighted by molar-refractivity contribution is 14.0. The van der Waals surface area contributed by atoms with Crippen LogP contribution < -0.4 is 16.0 Å². The van der Waals surface area contributed by atoms with Crippen LogP contribution in [0.3, 0.4) is 0 Å². The minimum Gasteiger partial charge on any atom is -0.357 e. The van der Waals surface area contributed by atoms with Gasteiger partial charge in [0.15, 0.2) is 5.96 Å². The monoisotopic (exact) mass is 543 g/mol. The first kappa shape index (κ1) is 27.7. The summed E-state index contributed by atoms with van der Waals surface area (Å²) in [5.74, 6) is 1.18. The van der Waals surface area contributed by atoms with Gasteiger partial charge in [-0.1, -0.05) is 44.2 Å². The Balaban J connectivity index is 0.00000480. The van der Waals surface area contributed by atoms with E-state index in [9.17, 15) is 4.79 Å². The number of guanidine groups is 1. The van der Waals surface area contributed by atoms with Crippen molar-refractivity contribution in [3.05, 3.63) is 35.9 Å². The van der Waals surface area contributed by atoms with Gasteiger partial charge in [-0.15, -0.1) is 24.0 Å². The SMILES string of the molecule is CCNC(=NCC(C)(C)NC(C)c1ccccc1)NC1CCN(C(=O)C(C)C)CC1.I. The van der Waals surface area contributed by atoms with Crippen LogP contribution in [-0.4, -0.2) is 54.5 Å². The molecule has 1 aromatic rings. The third-order valence-corrected chi connectivity index (χ3v) is 5.52. The van der Waals surface area contributed by atoms with Crippen molar-refractivity contribution in [2.75, 3.05) is 26.2 Å². The van der Waals surface area contributed by atoms with E-state index in [-0.39, 0.29) is 47.4 Å². The van der Waals surface area contributed by atoms with Crippen molar-refractivity contribution in [2.45, 2.75) is 72.0 Å². The minimum atomic E-state index is -0.134. The summed E-state index contributed by atoms with van der Waals surface area (Å²) in [5, 5.41) is 10.6. The van der Waals surface area contributed by atoms with Gasteiger partial charge in [-0.2, -0.15) is 0 Å². The number of amides is 1. The third kappa shape index (κ3) is 9.35. The fourth-order valence-corrected chi connectivity index (χ4v) is 3.86. The Morgan fingerprint density at radius 3 is 2.32 bits per heavy atom. The van der Waals surface area contributed by atoms with Crippen LogP contribution in [0, 0.1) is 5.92 Å². The van der Waals surface area contributed by atoms with Crippen LogP contribution in [0.25, 0.3) is 0 Å². The van der Waals surface area contributed by atoms with Gasteiger partial charge in [-0.25, -0.2) is 0 Å². The normalized spacial score (nSPS) is 16.6. The molecule has 2 rings (SSSR count). The van der Waals surface area contributed by atoms with Crippen LogP contribution in [0.15, 0.2) is 35.3 Å². The first-order chi connectivity index (χ1) is 14.2. The highest BCUT2D eigenvalue weighted by atomic mass is 127. The maximum Gasteiger partial charge on any atom is 0.225 e. The molecule has 1 saturated heterocycles. The molecule has 3 N–H and O–H groups in total. The first-order valence-electron chi connectivity index (χ1n) is 11.4. The first-order valence-corrected chi connectivity index (χ1v) is 11.4. The molecule has 176 valence electrons. The minimum absolute atomic E-state index is 0. The summed E-state index contributed by atoms with van der Waals surface area (Å²) in [4.78, 5) is 19.0. The predicted molar refractivity (Wildman–Crippen MR) is 141 cm³/mol. The molecule has 1 aliphatic rings. The lowest BCUT2D eigenvalue weighted by Crippen LogP contribution is -2.51. The van der Waals surface area contributed by atoms with E-state index >= 15 is 0 Å². The number of carbonyl (C=O) groups is 1. The molecule has 1 unspecified atom stereocenters. The molecule has 0 spiro atoms. The van der Waals surface area contributed by atoms with Crippen molar-refractivity contribution in [1.82, 2.24) is 20.9 Å². The number of rotatable bonds is 8. The molecule has 1 amide bonds. The Morgan fingerprint density at radius 1 is 1.16 bits per heavy atom. The maximum absolute atomic E-state index is 12.2. The quantitative estimate of drug-likeness (QED) is 0.264. The summed E-state index contributed by atoms with van der Waals surface area (Å²) in [6, 6.07) is 11.1. The van der Waals surface area contributed by atoms with Crippen molar-refractivity contribution in [3.8, 4) is 0 Å². The molecule has 1 atom stereocenters. The number of carbonyl (C=O) groups excluding carboxylic acids is 1. The second-order valence-electron chi connectivity index (χ2n) is 9.25. The van der Waals surface area contributed by atoms with Gasteiger partial charge in [-0.05, 0) is 46.1 Å². The predicted octanol–water partition coefficient (Wildman–Crippen LogP) is 3.94. The molecule has 0 saturated carbocycles. The highest BCUT2D eigenvalue weighted by Gasteiger charge is 2.25. The molecule has 1 heterocycles. The van der Waals surface area contributed by atoms with E-state index in [4.69, 9.17) is 4.99 Å². The van der Waals surface area contributed by atoms with E-state index in [0.29, 0.717) is 12.6 Å². The van der Waals surface area contributed by atoms with Gasteiger partial charge in [0.1, 0.15) is 0 Å². The van der Waals surface area contributed by atoms with E-state index in [0.717, 1.165) is 38.4 Å². The van der Waals surface area contributed by atoms with Gasteiger partial charge >= 0.3 is 0 Å². The lowest BCUT2D eigenvalue weighted by Gasteiger charge is -2.34. The summed E-state index contributed by atoms with van der Waals surface area (Å²) in [5.41, 5.74) is 1.15. The number of nitrogens with zero attached hydrogens (tertiary/aromatic N) is 2. The molecule has 6 nitrogen and oxygen atoms in total. The van der Waals surface area contributed by atoms with Crippen molar-refractivity contribution in [3.63, 3.8) is 0 Å². The van der Waals surface area contributed by atoms with Gasteiger partial charge < -0.3 is 20.9 Å². The van der Waals surface area contributed by atoms with Gasteiger partial charge in [-0.3, -0.25) is 9.79 Å². The smallest absolute Gasteiger partial charge is 0.225 e. The lowest BCUT2D eigenvalue weighted by atomic mass is 10.0. The number of hydrogen-bond donors (Lipinski definition) is 3. The summed E-state index contributed by atoms with van der Waals surface area (Å²) in [6.45, 7) is 15.7. The molecular weight excluding hydrogens is 501 g/mol. The molecule has 0 radical (unpaired) electrons. The largest absolute Gasteiger partial charge is 0.357 e. The Labute approximate surface area is 206 Å². The van der Waals surface area contributed by atoms with E-state index < -0.39 is 0 Å². The molecule has 1 aliphatic heterocycles. The topological polar surface area (TPSA) is 68.8 Å². The number of aliphatic imine (C=N–C) groups is 1. The number of nitrogens with one attached hydrogen (secondary N) is 3. The van der Waals surface area contributed by atoms with E-state index in [2.05, 4.69) is 67.9 Å². The average Bonchev–Trinajstić information content (AvgIpc) is 2.72. The summed E-state index contributed by atoms with van der Waals surface area (Å²) in [6.07, 6.45) is 1.91. The Kier molecular flexibility index (Phi) is 11.8. The van der Waals surface area contributed by atoms with Crippen LogP contribution >= 0.6 is 24.0 Å². The van der Waals surface area contributed by atoms with Crippen LogP contribution in [0.4, 0.5) is 0 Å². The number of benzene rings is 1. The summed E-state index contributed by atoms with van der Waals surface area (Å²) in [7, 11) is 0. The second-order valence-corrected chi connectivity index (χ2v) is 9.25. The van der Waals surface area contributed by atoms with Crippen molar-refractivity contribution in [1.29, 1.82) is 0 Å². The lowest BCUT2D eigenvalue weighted by molar-refractivity contribution is -0.135. The average molecular weight is 544 g/mol. The van der Waals surface area contributed by atoms with Crippen LogP contribution in [-0.2, 0) is 4.79 Å². The molecule has 1 fully saturated rings. The van der Waals surface area contributed by atoms with Gasteiger partial charge in [0, 0.05) is 43.2 Å². The fraction of sp³-hybridized carbons (Fsp3) is 0.667. The standard InChI is InChI=1S/C24H41N5O.HI/c1-7-25-23(27-21-13-15-29(16-14-21)22(30)18(2)3)26-17-24(5,6)28-19(4)20-11-9-8-10-12-20;/h8-12,18-19,21,28H,7,13-17H2,1-6H3,(H2,25,26,27);1H. The van der Waals surface area contributed by atoms with E-state index in [1.165, 1.54) is 5.56 Å². The molecule has 7 heteroatoms. The molecular formula is C24H42IN5O. The zero-order valence-corrected chi connectivity index (χ0v) is 22.4. The van der Waals surface area contributed by atoms with Crippen molar-refractivity contribution >= 4 is 35.8 Å². The zero-order valence-electron chi connectivity index (χ0n) is 20.1. The summed E-state index contributed by atoms with van der Waals surface area (Å²) < 4.78 is 0. The van der Waals surface area contributed by atoms with Crippen molar-refractivity contribution < 1.29 is 4.79 Å². The number of hydrogen-bond acceptors (Lipinski definition) is 3. The fourth-order valence-electron chi connectivity index (χ4n) is 3.86. The Morgan fingerprint density at radius 2 is 1.77 bits per heavy atom. The Bertz CT molecular complexity index is 684.